The van der Waals surface area contributed by atoms with Crippen molar-refractivity contribution in [2.24, 2.45) is 13.0 Å². The maximum Gasteiger partial charge on any atom is 0.138 e. The smallest absolute Gasteiger partial charge is 0.138 e. The lowest BCUT2D eigenvalue weighted by molar-refractivity contribution is 0.0672. The molecule has 0 aliphatic carbocycles. The molecule has 112 valence electrons. The van der Waals surface area contributed by atoms with E-state index in [9.17, 15) is 0 Å². The first-order chi connectivity index (χ1) is 10.1. The van der Waals surface area contributed by atoms with Crippen LogP contribution in [0.5, 0.6) is 5.75 Å². The molecule has 0 amide bonds. The molecule has 1 aliphatic rings. The van der Waals surface area contributed by atoms with E-state index in [2.05, 4.69) is 4.98 Å². The van der Waals surface area contributed by atoms with Gasteiger partial charge in [-0.25, -0.2) is 4.98 Å². The maximum atomic E-state index is 5.97. The highest BCUT2D eigenvalue weighted by Crippen LogP contribution is 2.34. The molecule has 1 saturated heterocycles. The van der Waals surface area contributed by atoms with Crippen molar-refractivity contribution < 1.29 is 9.47 Å². The summed E-state index contributed by atoms with van der Waals surface area (Å²) < 4.78 is 13.6. The Labute approximate surface area is 133 Å². The minimum Gasteiger partial charge on any atom is -0.493 e. The van der Waals surface area contributed by atoms with Crippen molar-refractivity contribution in [1.82, 2.24) is 9.55 Å². The summed E-state index contributed by atoms with van der Waals surface area (Å²) in [4.78, 5) is 4.37. The summed E-state index contributed by atoms with van der Waals surface area (Å²) in [6.45, 7) is 1.27. The van der Waals surface area contributed by atoms with Gasteiger partial charge in [-0.15, -0.1) is 0 Å². The zero-order valence-corrected chi connectivity index (χ0v) is 13.1. The lowest BCUT2D eigenvalue weighted by Crippen LogP contribution is -2.18. The summed E-state index contributed by atoms with van der Waals surface area (Å²) in [6, 6.07) is 5.21. The van der Waals surface area contributed by atoms with E-state index in [0.29, 0.717) is 22.4 Å². The number of hydrogen-bond donors (Lipinski definition) is 0. The van der Waals surface area contributed by atoms with Gasteiger partial charge in [0, 0.05) is 42.0 Å². The molecule has 2 aromatic rings. The van der Waals surface area contributed by atoms with Gasteiger partial charge in [-0.05, 0) is 24.6 Å². The third kappa shape index (κ3) is 3.34. The highest BCUT2D eigenvalue weighted by atomic mass is 35.5. The molecule has 1 aromatic heterocycles. The van der Waals surface area contributed by atoms with Crippen molar-refractivity contribution in [3.8, 4) is 5.75 Å². The SMILES string of the molecule is Cn1ccnc1[C@@H]1OCC[C@H]1COc1cc(Cl)cc(Cl)c1. The highest BCUT2D eigenvalue weighted by molar-refractivity contribution is 6.34. The normalized spacial score (nSPS) is 21.7. The average Bonchev–Trinajstić information content (AvgIpc) is 3.03. The molecule has 1 fully saturated rings. The van der Waals surface area contributed by atoms with Crippen LogP contribution >= 0.6 is 23.2 Å². The van der Waals surface area contributed by atoms with Crippen LogP contribution in [0.4, 0.5) is 0 Å². The first kappa shape index (κ1) is 14.7. The predicted octanol–water partition coefficient (Wildman–Crippen LogP) is 3.88. The minimum absolute atomic E-state index is 0.0281. The predicted molar refractivity (Wildman–Crippen MR) is 82.0 cm³/mol. The monoisotopic (exact) mass is 326 g/mol. The molecule has 4 nitrogen and oxygen atoms in total. The molecule has 21 heavy (non-hydrogen) atoms. The number of ether oxygens (including phenoxy) is 2. The van der Waals surface area contributed by atoms with Gasteiger partial charge in [0.25, 0.3) is 0 Å². The fourth-order valence-corrected chi connectivity index (χ4v) is 3.06. The summed E-state index contributed by atoms with van der Waals surface area (Å²) in [5.41, 5.74) is 0. The fourth-order valence-electron chi connectivity index (χ4n) is 2.56. The van der Waals surface area contributed by atoms with Gasteiger partial charge < -0.3 is 14.0 Å². The fraction of sp³-hybridized carbons (Fsp3) is 0.400. The molecule has 0 N–H and O–H groups in total. The molecular formula is C15H16Cl2N2O2. The van der Waals surface area contributed by atoms with Crippen molar-refractivity contribution in [3.63, 3.8) is 0 Å². The van der Waals surface area contributed by atoms with Crippen LogP contribution in [-0.2, 0) is 11.8 Å². The van der Waals surface area contributed by atoms with Crippen LogP contribution in [0.15, 0.2) is 30.6 Å². The van der Waals surface area contributed by atoms with E-state index >= 15 is 0 Å². The number of benzene rings is 1. The number of nitrogens with zero attached hydrogens (tertiary/aromatic N) is 2. The van der Waals surface area contributed by atoms with Gasteiger partial charge in [-0.2, -0.15) is 0 Å². The van der Waals surface area contributed by atoms with E-state index in [4.69, 9.17) is 32.7 Å². The van der Waals surface area contributed by atoms with Crippen LogP contribution in [0.2, 0.25) is 10.0 Å². The second-order valence-corrected chi connectivity index (χ2v) is 6.03. The van der Waals surface area contributed by atoms with E-state index in [1.165, 1.54) is 0 Å². The van der Waals surface area contributed by atoms with Crippen molar-refractivity contribution in [2.45, 2.75) is 12.5 Å². The lowest BCUT2D eigenvalue weighted by Gasteiger charge is -2.19. The van der Waals surface area contributed by atoms with Gasteiger partial charge in [0.05, 0.1) is 6.61 Å². The molecule has 2 atom stereocenters. The Hall–Kier alpha value is -1.23. The van der Waals surface area contributed by atoms with Gasteiger partial charge in [-0.1, -0.05) is 23.2 Å². The van der Waals surface area contributed by atoms with E-state index in [0.717, 1.165) is 18.9 Å². The molecular weight excluding hydrogens is 311 g/mol. The number of aryl methyl sites for hydroxylation is 1. The number of halogens is 2. The Morgan fingerprint density at radius 3 is 2.76 bits per heavy atom. The van der Waals surface area contributed by atoms with Gasteiger partial charge in [0.1, 0.15) is 17.7 Å². The summed E-state index contributed by atoms with van der Waals surface area (Å²) in [6.07, 6.45) is 4.63. The van der Waals surface area contributed by atoms with E-state index in [1.54, 1.807) is 24.4 Å². The topological polar surface area (TPSA) is 36.3 Å². The van der Waals surface area contributed by atoms with Crippen molar-refractivity contribution in [3.05, 3.63) is 46.5 Å². The van der Waals surface area contributed by atoms with Gasteiger partial charge >= 0.3 is 0 Å². The maximum absolute atomic E-state index is 5.97. The van der Waals surface area contributed by atoms with Crippen molar-refractivity contribution in [2.75, 3.05) is 13.2 Å². The van der Waals surface area contributed by atoms with Crippen LogP contribution in [0.25, 0.3) is 0 Å². The zero-order valence-electron chi connectivity index (χ0n) is 11.6. The molecule has 1 aliphatic heterocycles. The minimum atomic E-state index is -0.0281. The lowest BCUT2D eigenvalue weighted by atomic mass is 10.0. The number of rotatable bonds is 4. The Kier molecular flexibility index (Phi) is 4.38. The Balaban J connectivity index is 1.68. The average molecular weight is 327 g/mol. The molecule has 1 aromatic carbocycles. The van der Waals surface area contributed by atoms with Gasteiger partial charge in [-0.3, -0.25) is 0 Å². The van der Waals surface area contributed by atoms with E-state index in [1.807, 2.05) is 17.8 Å². The largest absolute Gasteiger partial charge is 0.493 e. The van der Waals surface area contributed by atoms with Crippen LogP contribution in [-0.4, -0.2) is 22.8 Å². The molecule has 3 rings (SSSR count). The molecule has 2 heterocycles. The van der Waals surface area contributed by atoms with Crippen LogP contribution in [0.3, 0.4) is 0 Å². The molecule has 0 spiro atoms. The third-order valence-corrected chi connectivity index (χ3v) is 4.06. The zero-order chi connectivity index (χ0) is 14.8. The standard InChI is InChI=1S/C15H16Cl2N2O2/c1-19-4-3-18-15(19)14-10(2-5-20-14)9-21-13-7-11(16)6-12(17)8-13/h3-4,6-8,10,14H,2,5,9H2,1H3/t10-,14+/m0/s1. The molecule has 6 heteroatoms. The Bertz CT molecular complexity index is 610. The van der Waals surface area contributed by atoms with Crippen molar-refractivity contribution in [1.29, 1.82) is 0 Å². The van der Waals surface area contributed by atoms with Gasteiger partial charge in [0.2, 0.25) is 0 Å². The Morgan fingerprint density at radius 1 is 1.33 bits per heavy atom. The molecule has 0 radical (unpaired) electrons. The quantitative estimate of drug-likeness (QED) is 0.855. The summed E-state index contributed by atoms with van der Waals surface area (Å²) in [5.74, 6) is 1.88. The first-order valence-corrected chi connectivity index (χ1v) is 7.57. The second-order valence-electron chi connectivity index (χ2n) is 5.15. The highest BCUT2D eigenvalue weighted by Gasteiger charge is 2.32. The van der Waals surface area contributed by atoms with Crippen LogP contribution in [0, 0.1) is 5.92 Å². The van der Waals surface area contributed by atoms with E-state index < -0.39 is 0 Å². The van der Waals surface area contributed by atoms with Gasteiger partial charge in [0.15, 0.2) is 0 Å². The van der Waals surface area contributed by atoms with Crippen LogP contribution < -0.4 is 4.74 Å². The molecule has 0 saturated carbocycles. The number of aromatic nitrogens is 2. The number of hydrogen-bond acceptors (Lipinski definition) is 3. The number of imidazole rings is 1. The third-order valence-electron chi connectivity index (χ3n) is 3.63. The van der Waals surface area contributed by atoms with Crippen LogP contribution in [0.1, 0.15) is 18.3 Å². The summed E-state index contributed by atoms with van der Waals surface area (Å²) in [7, 11) is 1.97. The Morgan fingerprint density at radius 2 is 2.10 bits per heavy atom. The molecule has 0 unspecified atom stereocenters. The van der Waals surface area contributed by atoms with E-state index in [-0.39, 0.29) is 12.0 Å². The second kappa shape index (κ2) is 6.26. The summed E-state index contributed by atoms with van der Waals surface area (Å²) in [5, 5.41) is 1.14. The first-order valence-electron chi connectivity index (χ1n) is 6.81. The molecule has 0 bridgehead atoms. The summed E-state index contributed by atoms with van der Waals surface area (Å²) >= 11 is 11.9. The van der Waals surface area contributed by atoms with Crippen molar-refractivity contribution >= 4 is 23.2 Å².